The second-order valence-electron chi connectivity index (χ2n) is 3.50. The Morgan fingerprint density at radius 1 is 1.11 bits per heavy atom. The minimum Gasteiger partial charge on any atom is -0.314 e. The molecule has 0 amide bonds. The Hall–Kier alpha value is -0.0400. The summed E-state index contributed by atoms with van der Waals surface area (Å²) in [5, 5.41) is 3.46. The van der Waals surface area contributed by atoms with E-state index >= 15 is 0 Å². The van der Waals surface area contributed by atoms with Crippen molar-refractivity contribution in [1.29, 1.82) is 0 Å². The zero-order valence-electron chi connectivity index (χ0n) is 6.65. The molecule has 1 unspecified atom stereocenters. The van der Waals surface area contributed by atoms with E-state index in [0.717, 1.165) is 17.9 Å². The zero-order chi connectivity index (χ0) is 6.85. The fourth-order valence-electron chi connectivity index (χ4n) is 1.46. The average Bonchev–Trinajstić information content (AvgIpc) is 1.80. The number of rotatable bonds is 0. The first kappa shape index (κ1) is 7.07. The molecule has 1 rings (SSSR count). The number of nitrogens with one attached hydrogen (secondary N) is 1. The highest BCUT2D eigenvalue weighted by molar-refractivity contribution is 4.76. The zero-order valence-corrected chi connectivity index (χ0v) is 6.65. The van der Waals surface area contributed by atoms with Gasteiger partial charge in [-0.25, -0.2) is 0 Å². The Kier molecular flexibility index (Phi) is 2.12. The monoisotopic (exact) mass is 127 g/mol. The molecule has 54 valence electrons. The van der Waals surface area contributed by atoms with Crippen LogP contribution in [-0.4, -0.2) is 12.6 Å². The van der Waals surface area contributed by atoms with Gasteiger partial charge in [0.1, 0.15) is 0 Å². The van der Waals surface area contributed by atoms with E-state index in [0.29, 0.717) is 0 Å². The summed E-state index contributed by atoms with van der Waals surface area (Å²) in [5.74, 6) is 1.79. The topological polar surface area (TPSA) is 12.0 Å². The van der Waals surface area contributed by atoms with E-state index < -0.39 is 0 Å². The molecular formula is C8H17N. The minimum atomic E-state index is 0.746. The first-order chi connectivity index (χ1) is 4.20. The largest absolute Gasteiger partial charge is 0.314 e. The van der Waals surface area contributed by atoms with Crippen molar-refractivity contribution < 1.29 is 0 Å². The maximum atomic E-state index is 3.46. The molecule has 1 saturated heterocycles. The number of piperidine rings is 1. The first-order valence-electron chi connectivity index (χ1n) is 3.93. The van der Waals surface area contributed by atoms with Gasteiger partial charge >= 0.3 is 0 Å². The van der Waals surface area contributed by atoms with Crippen LogP contribution >= 0.6 is 0 Å². The van der Waals surface area contributed by atoms with Crippen LogP contribution in [0.15, 0.2) is 0 Å². The standard InChI is InChI=1S/C8H17N/c1-6-4-8(3)9-5-7(6)2/h6-9H,4-5H2,1-3H3/t6?,7-,8+/m0/s1. The smallest absolute Gasteiger partial charge is 0.00414 e. The van der Waals surface area contributed by atoms with Crippen molar-refractivity contribution in [2.75, 3.05) is 6.54 Å². The molecule has 1 heteroatoms. The summed E-state index contributed by atoms with van der Waals surface area (Å²) in [7, 11) is 0. The molecule has 0 aliphatic carbocycles. The Morgan fingerprint density at radius 3 is 2.22 bits per heavy atom. The van der Waals surface area contributed by atoms with Crippen LogP contribution in [0.2, 0.25) is 0 Å². The summed E-state index contributed by atoms with van der Waals surface area (Å²) >= 11 is 0. The normalized spacial score (nSPS) is 45.0. The maximum absolute atomic E-state index is 3.46. The lowest BCUT2D eigenvalue weighted by Crippen LogP contribution is -2.40. The molecule has 0 aromatic rings. The summed E-state index contributed by atoms with van der Waals surface area (Å²) in [4.78, 5) is 0. The van der Waals surface area contributed by atoms with E-state index in [-0.39, 0.29) is 0 Å². The molecule has 9 heavy (non-hydrogen) atoms. The van der Waals surface area contributed by atoms with E-state index in [9.17, 15) is 0 Å². The molecule has 1 heterocycles. The Morgan fingerprint density at radius 2 is 1.78 bits per heavy atom. The van der Waals surface area contributed by atoms with E-state index in [2.05, 4.69) is 26.1 Å². The van der Waals surface area contributed by atoms with Crippen molar-refractivity contribution in [3.8, 4) is 0 Å². The lowest BCUT2D eigenvalue weighted by molar-refractivity contribution is 0.251. The molecule has 0 aromatic carbocycles. The lowest BCUT2D eigenvalue weighted by Gasteiger charge is -2.30. The van der Waals surface area contributed by atoms with Gasteiger partial charge in [0, 0.05) is 6.04 Å². The second kappa shape index (κ2) is 2.70. The van der Waals surface area contributed by atoms with Gasteiger partial charge in [-0.3, -0.25) is 0 Å². The first-order valence-corrected chi connectivity index (χ1v) is 3.93. The predicted molar refractivity (Wildman–Crippen MR) is 40.4 cm³/mol. The average molecular weight is 127 g/mol. The van der Waals surface area contributed by atoms with Gasteiger partial charge in [0.15, 0.2) is 0 Å². The molecule has 1 N–H and O–H groups in total. The van der Waals surface area contributed by atoms with Gasteiger partial charge in [-0.15, -0.1) is 0 Å². The van der Waals surface area contributed by atoms with Crippen molar-refractivity contribution in [2.24, 2.45) is 11.8 Å². The van der Waals surface area contributed by atoms with Crippen LogP contribution in [0.5, 0.6) is 0 Å². The van der Waals surface area contributed by atoms with Crippen LogP contribution in [-0.2, 0) is 0 Å². The Labute approximate surface area is 57.8 Å². The summed E-state index contributed by atoms with van der Waals surface area (Å²) in [6.45, 7) is 8.15. The Balaban J connectivity index is 2.35. The number of hydrogen-bond donors (Lipinski definition) is 1. The van der Waals surface area contributed by atoms with Crippen LogP contribution in [0.3, 0.4) is 0 Å². The van der Waals surface area contributed by atoms with E-state index in [4.69, 9.17) is 0 Å². The third kappa shape index (κ3) is 1.68. The molecule has 1 nitrogen and oxygen atoms in total. The van der Waals surface area contributed by atoms with Crippen LogP contribution in [0, 0.1) is 11.8 Å². The maximum Gasteiger partial charge on any atom is 0.00414 e. The lowest BCUT2D eigenvalue weighted by atomic mass is 9.86. The second-order valence-corrected chi connectivity index (χ2v) is 3.50. The quantitative estimate of drug-likeness (QED) is 0.521. The summed E-state index contributed by atoms with van der Waals surface area (Å²) in [5.41, 5.74) is 0. The van der Waals surface area contributed by atoms with Gasteiger partial charge in [-0.2, -0.15) is 0 Å². The van der Waals surface area contributed by atoms with Gasteiger partial charge in [0.05, 0.1) is 0 Å². The number of hydrogen-bond acceptors (Lipinski definition) is 1. The van der Waals surface area contributed by atoms with Gasteiger partial charge in [0.25, 0.3) is 0 Å². The van der Waals surface area contributed by atoms with Crippen molar-refractivity contribution in [3.05, 3.63) is 0 Å². The Bertz CT molecular complexity index is 90.6. The van der Waals surface area contributed by atoms with Crippen LogP contribution in [0.4, 0.5) is 0 Å². The highest BCUT2D eigenvalue weighted by atomic mass is 14.9. The third-order valence-corrected chi connectivity index (χ3v) is 2.49. The highest BCUT2D eigenvalue weighted by Crippen LogP contribution is 2.20. The van der Waals surface area contributed by atoms with E-state index in [1.165, 1.54) is 13.0 Å². The molecule has 1 aliphatic heterocycles. The molecular weight excluding hydrogens is 110 g/mol. The van der Waals surface area contributed by atoms with Crippen LogP contribution < -0.4 is 5.32 Å². The molecule has 0 saturated carbocycles. The van der Waals surface area contributed by atoms with Crippen molar-refractivity contribution >= 4 is 0 Å². The molecule has 0 radical (unpaired) electrons. The van der Waals surface area contributed by atoms with E-state index in [1.807, 2.05) is 0 Å². The molecule has 0 bridgehead atoms. The molecule has 0 aromatic heterocycles. The third-order valence-electron chi connectivity index (χ3n) is 2.49. The van der Waals surface area contributed by atoms with Gasteiger partial charge in [-0.1, -0.05) is 13.8 Å². The highest BCUT2D eigenvalue weighted by Gasteiger charge is 2.20. The van der Waals surface area contributed by atoms with Gasteiger partial charge in [0.2, 0.25) is 0 Å². The fraction of sp³-hybridized carbons (Fsp3) is 1.00. The molecule has 0 spiro atoms. The van der Waals surface area contributed by atoms with Gasteiger partial charge < -0.3 is 5.32 Å². The van der Waals surface area contributed by atoms with Crippen molar-refractivity contribution in [1.82, 2.24) is 5.32 Å². The predicted octanol–water partition coefficient (Wildman–Crippen LogP) is 1.64. The molecule has 1 fully saturated rings. The SMILES string of the molecule is CC1C[C@@H](C)NC[C@@H]1C. The van der Waals surface area contributed by atoms with Crippen molar-refractivity contribution in [2.45, 2.75) is 33.2 Å². The van der Waals surface area contributed by atoms with E-state index in [1.54, 1.807) is 0 Å². The van der Waals surface area contributed by atoms with Crippen molar-refractivity contribution in [3.63, 3.8) is 0 Å². The molecule has 1 aliphatic rings. The summed E-state index contributed by atoms with van der Waals surface area (Å²) in [6, 6.07) is 0.746. The minimum absolute atomic E-state index is 0.746. The van der Waals surface area contributed by atoms with Gasteiger partial charge in [-0.05, 0) is 31.7 Å². The fourth-order valence-corrected chi connectivity index (χ4v) is 1.46. The summed E-state index contributed by atoms with van der Waals surface area (Å²) < 4.78 is 0. The molecule has 3 atom stereocenters. The van der Waals surface area contributed by atoms with Crippen LogP contribution in [0.25, 0.3) is 0 Å². The van der Waals surface area contributed by atoms with Crippen LogP contribution in [0.1, 0.15) is 27.2 Å². The summed E-state index contributed by atoms with van der Waals surface area (Å²) in [6.07, 6.45) is 1.35.